The van der Waals surface area contributed by atoms with Crippen LogP contribution in [-0.4, -0.2) is 37.1 Å². The number of benzene rings is 3. The second kappa shape index (κ2) is 10.0. The number of hydrogen-bond donors (Lipinski definition) is 0. The van der Waals surface area contributed by atoms with Crippen molar-refractivity contribution < 1.29 is 17.6 Å². The standard InChI is InChI=1S/C23H22ClFN2O3S/c1-26(15-18-5-3-2-4-6-18)23(28)17-27(16-19-7-11-21(25)12-8-19)31(29,30)22-13-9-20(24)10-14-22/h2-14H,15-17H2,1H3. The van der Waals surface area contributed by atoms with Crippen molar-refractivity contribution in [3.05, 3.63) is 101 Å². The van der Waals surface area contributed by atoms with Gasteiger partial charge in [-0.05, 0) is 47.5 Å². The normalized spacial score (nSPS) is 11.5. The Bertz CT molecular complexity index is 1120. The summed E-state index contributed by atoms with van der Waals surface area (Å²) in [6, 6.07) is 20.7. The average molecular weight is 461 g/mol. The summed E-state index contributed by atoms with van der Waals surface area (Å²) in [5.41, 5.74) is 1.50. The molecule has 0 heterocycles. The third kappa shape index (κ3) is 6.13. The molecule has 162 valence electrons. The van der Waals surface area contributed by atoms with Gasteiger partial charge in [-0.15, -0.1) is 0 Å². The van der Waals surface area contributed by atoms with Crippen LogP contribution in [0, 0.1) is 5.82 Å². The van der Waals surface area contributed by atoms with Gasteiger partial charge in [-0.3, -0.25) is 4.79 Å². The van der Waals surface area contributed by atoms with Gasteiger partial charge in [0, 0.05) is 25.2 Å². The molecule has 3 aromatic rings. The number of rotatable bonds is 8. The van der Waals surface area contributed by atoms with Gasteiger partial charge >= 0.3 is 0 Å². The first-order valence-electron chi connectivity index (χ1n) is 9.54. The summed E-state index contributed by atoms with van der Waals surface area (Å²) in [6.45, 7) is -0.0765. The summed E-state index contributed by atoms with van der Waals surface area (Å²) >= 11 is 5.88. The fourth-order valence-electron chi connectivity index (χ4n) is 2.99. The Morgan fingerprint density at radius 3 is 2.06 bits per heavy atom. The molecule has 0 unspecified atom stereocenters. The molecule has 0 aromatic heterocycles. The van der Waals surface area contributed by atoms with Gasteiger partial charge in [0.05, 0.1) is 11.4 Å². The molecule has 5 nitrogen and oxygen atoms in total. The van der Waals surface area contributed by atoms with Crippen molar-refractivity contribution in [3.8, 4) is 0 Å². The van der Waals surface area contributed by atoms with Crippen molar-refractivity contribution >= 4 is 27.5 Å². The number of sulfonamides is 1. The van der Waals surface area contributed by atoms with E-state index in [1.54, 1.807) is 7.05 Å². The number of nitrogens with zero attached hydrogens (tertiary/aromatic N) is 2. The summed E-state index contributed by atoms with van der Waals surface area (Å²) in [6.07, 6.45) is 0. The second-order valence-corrected chi connectivity index (χ2v) is 9.46. The van der Waals surface area contributed by atoms with Crippen molar-refractivity contribution in [2.45, 2.75) is 18.0 Å². The van der Waals surface area contributed by atoms with E-state index in [1.807, 2.05) is 30.3 Å². The minimum atomic E-state index is -3.99. The molecule has 0 bridgehead atoms. The minimum absolute atomic E-state index is 0.0255. The lowest BCUT2D eigenvalue weighted by Gasteiger charge is -2.25. The van der Waals surface area contributed by atoms with Gasteiger partial charge in [0.1, 0.15) is 5.82 Å². The quantitative estimate of drug-likeness (QED) is 0.502. The molecule has 31 heavy (non-hydrogen) atoms. The van der Waals surface area contributed by atoms with Crippen LogP contribution < -0.4 is 0 Å². The van der Waals surface area contributed by atoms with Gasteiger partial charge in [0.2, 0.25) is 15.9 Å². The zero-order chi connectivity index (χ0) is 22.4. The smallest absolute Gasteiger partial charge is 0.243 e. The van der Waals surface area contributed by atoms with Crippen LogP contribution in [0.25, 0.3) is 0 Å². The molecule has 0 atom stereocenters. The van der Waals surface area contributed by atoms with Gasteiger partial charge in [-0.2, -0.15) is 4.31 Å². The zero-order valence-corrected chi connectivity index (χ0v) is 18.5. The maximum atomic E-state index is 13.3. The van der Waals surface area contributed by atoms with Crippen LogP contribution in [0.2, 0.25) is 5.02 Å². The van der Waals surface area contributed by atoms with Crippen LogP contribution in [0.3, 0.4) is 0 Å². The molecule has 8 heteroatoms. The number of hydrogen-bond acceptors (Lipinski definition) is 3. The third-order valence-corrected chi connectivity index (χ3v) is 6.78. The molecular weight excluding hydrogens is 439 g/mol. The fourth-order valence-corrected chi connectivity index (χ4v) is 4.50. The third-order valence-electron chi connectivity index (χ3n) is 4.72. The van der Waals surface area contributed by atoms with E-state index in [2.05, 4.69) is 0 Å². The van der Waals surface area contributed by atoms with Gasteiger partial charge in [-0.25, -0.2) is 12.8 Å². The van der Waals surface area contributed by atoms with Crippen LogP contribution >= 0.6 is 11.6 Å². The summed E-state index contributed by atoms with van der Waals surface area (Å²) < 4.78 is 40.9. The zero-order valence-electron chi connectivity index (χ0n) is 16.9. The predicted octanol–water partition coefficient (Wildman–Crippen LogP) is 4.33. The number of halogens is 2. The van der Waals surface area contributed by atoms with Gasteiger partial charge in [0.15, 0.2) is 0 Å². The molecule has 3 rings (SSSR count). The Balaban J connectivity index is 1.85. The highest BCUT2D eigenvalue weighted by Gasteiger charge is 2.28. The first kappa shape index (κ1) is 22.9. The molecule has 0 saturated carbocycles. The van der Waals surface area contributed by atoms with Gasteiger partial charge in [-0.1, -0.05) is 54.1 Å². The topological polar surface area (TPSA) is 57.7 Å². The van der Waals surface area contributed by atoms with Crippen molar-refractivity contribution in [1.82, 2.24) is 9.21 Å². The van der Waals surface area contributed by atoms with E-state index < -0.39 is 15.8 Å². The van der Waals surface area contributed by atoms with Crippen LogP contribution in [0.5, 0.6) is 0 Å². The summed E-state index contributed by atoms with van der Waals surface area (Å²) in [4.78, 5) is 14.4. The fraction of sp³-hybridized carbons (Fsp3) is 0.174. The highest BCUT2D eigenvalue weighted by molar-refractivity contribution is 7.89. The molecule has 1 amide bonds. The van der Waals surface area contributed by atoms with E-state index in [0.717, 1.165) is 9.87 Å². The van der Waals surface area contributed by atoms with Crippen LogP contribution in [0.15, 0.2) is 83.8 Å². The van der Waals surface area contributed by atoms with Crippen LogP contribution in [-0.2, 0) is 27.9 Å². The maximum Gasteiger partial charge on any atom is 0.243 e. The van der Waals surface area contributed by atoms with E-state index in [0.29, 0.717) is 17.1 Å². The molecular formula is C23H22ClFN2O3S. The molecule has 0 fully saturated rings. The molecule has 3 aromatic carbocycles. The molecule has 0 aliphatic rings. The minimum Gasteiger partial charge on any atom is -0.340 e. The molecule has 0 aliphatic carbocycles. The molecule has 0 aliphatic heterocycles. The Labute approximate surface area is 186 Å². The van der Waals surface area contributed by atoms with Crippen molar-refractivity contribution in [2.24, 2.45) is 0 Å². The van der Waals surface area contributed by atoms with Crippen molar-refractivity contribution in [1.29, 1.82) is 0 Å². The van der Waals surface area contributed by atoms with Crippen LogP contribution in [0.4, 0.5) is 4.39 Å². The second-order valence-electron chi connectivity index (χ2n) is 7.09. The molecule has 0 radical (unpaired) electrons. The monoisotopic (exact) mass is 460 g/mol. The molecule has 0 spiro atoms. The average Bonchev–Trinajstić information content (AvgIpc) is 2.75. The molecule has 0 saturated heterocycles. The SMILES string of the molecule is CN(Cc1ccccc1)C(=O)CN(Cc1ccc(F)cc1)S(=O)(=O)c1ccc(Cl)cc1. The number of carbonyl (C=O) groups excluding carboxylic acids is 1. The van der Waals surface area contributed by atoms with Crippen molar-refractivity contribution in [2.75, 3.05) is 13.6 Å². The van der Waals surface area contributed by atoms with E-state index in [1.165, 1.54) is 53.4 Å². The highest BCUT2D eigenvalue weighted by atomic mass is 35.5. The first-order valence-corrected chi connectivity index (χ1v) is 11.4. The summed E-state index contributed by atoms with van der Waals surface area (Å²) in [7, 11) is -2.37. The lowest BCUT2D eigenvalue weighted by Crippen LogP contribution is -2.40. The Morgan fingerprint density at radius 1 is 0.871 bits per heavy atom. The summed E-state index contributed by atoms with van der Waals surface area (Å²) in [5.74, 6) is -0.780. The number of amides is 1. The van der Waals surface area contributed by atoms with E-state index in [-0.39, 0.29) is 23.9 Å². The van der Waals surface area contributed by atoms with E-state index >= 15 is 0 Å². The van der Waals surface area contributed by atoms with E-state index in [4.69, 9.17) is 11.6 Å². The van der Waals surface area contributed by atoms with Gasteiger partial charge < -0.3 is 4.90 Å². The van der Waals surface area contributed by atoms with Crippen molar-refractivity contribution in [3.63, 3.8) is 0 Å². The molecule has 0 N–H and O–H groups in total. The Kier molecular flexibility index (Phi) is 7.43. The van der Waals surface area contributed by atoms with Gasteiger partial charge in [0.25, 0.3) is 0 Å². The first-order chi connectivity index (χ1) is 14.8. The van der Waals surface area contributed by atoms with Crippen LogP contribution in [0.1, 0.15) is 11.1 Å². The lowest BCUT2D eigenvalue weighted by molar-refractivity contribution is -0.130. The lowest BCUT2D eigenvalue weighted by atomic mass is 10.2. The predicted molar refractivity (Wildman–Crippen MR) is 118 cm³/mol. The summed E-state index contributed by atoms with van der Waals surface area (Å²) in [5, 5.41) is 0.405. The largest absolute Gasteiger partial charge is 0.340 e. The Hall–Kier alpha value is -2.74. The maximum absolute atomic E-state index is 13.3. The number of carbonyl (C=O) groups is 1. The number of likely N-dealkylation sites (N-methyl/N-ethyl adjacent to an activating group) is 1. The van der Waals surface area contributed by atoms with E-state index in [9.17, 15) is 17.6 Å². The highest BCUT2D eigenvalue weighted by Crippen LogP contribution is 2.21. The Morgan fingerprint density at radius 2 is 1.45 bits per heavy atom.